The van der Waals surface area contributed by atoms with Gasteiger partial charge in [-0.1, -0.05) is 6.07 Å². The number of nitrogens with one attached hydrogen (secondary N) is 1. The standard InChI is InChI=1S/C17H25FN2/c1-11-4-5-13(18)10-16(11)17(19-2)12-8-14-6-7-15(9-12)20(14)3/h4-5,10,12,14-15,17,19H,6-9H2,1-3H3. The monoisotopic (exact) mass is 276 g/mol. The van der Waals surface area contributed by atoms with E-state index in [9.17, 15) is 4.39 Å². The number of aryl methyl sites for hydroxylation is 1. The molecule has 2 nitrogen and oxygen atoms in total. The lowest BCUT2D eigenvalue weighted by atomic mass is 9.81. The first-order valence-electron chi connectivity index (χ1n) is 7.75. The van der Waals surface area contributed by atoms with Crippen molar-refractivity contribution in [2.45, 2.75) is 50.7 Å². The van der Waals surface area contributed by atoms with Crippen molar-refractivity contribution in [2.24, 2.45) is 5.92 Å². The molecule has 0 aromatic heterocycles. The maximum Gasteiger partial charge on any atom is 0.123 e. The Hall–Kier alpha value is -0.930. The minimum absolute atomic E-state index is 0.123. The molecule has 3 atom stereocenters. The van der Waals surface area contributed by atoms with Crippen LogP contribution in [0.5, 0.6) is 0 Å². The summed E-state index contributed by atoms with van der Waals surface area (Å²) >= 11 is 0. The molecule has 0 saturated carbocycles. The Morgan fingerprint density at radius 2 is 1.90 bits per heavy atom. The fourth-order valence-electron chi connectivity index (χ4n) is 4.32. The number of hydrogen-bond donors (Lipinski definition) is 1. The molecule has 20 heavy (non-hydrogen) atoms. The first-order valence-corrected chi connectivity index (χ1v) is 7.75. The van der Waals surface area contributed by atoms with Crippen LogP contribution >= 0.6 is 0 Å². The first-order chi connectivity index (χ1) is 9.60. The number of fused-ring (bicyclic) bond motifs is 2. The van der Waals surface area contributed by atoms with Gasteiger partial charge in [0.1, 0.15) is 5.82 Å². The summed E-state index contributed by atoms with van der Waals surface area (Å²) in [5.74, 6) is 0.496. The van der Waals surface area contributed by atoms with Gasteiger partial charge in [0.25, 0.3) is 0 Å². The molecule has 0 amide bonds. The quantitative estimate of drug-likeness (QED) is 0.911. The Morgan fingerprint density at radius 3 is 2.50 bits per heavy atom. The summed E-state index contributed by atoms with van der Waals surface area (Å²) in [5.41, 5.74) is 2.33. The van der Waals surface area contributed by atoms with E-state index in [0.717, 1.165) is 17.6 Å². The van der Waals surface area contributed by atoms with E-state index >= 15 is 0 Å². The number of halogens is 1. The van der Waals surface area contributed by atoms with E-state index in [4.69, 9.17) is 0 Å². The maximum atomic E-state index is 13.6. The molecular weight excluding hydrogens is 251 g/mol. The van der Waals surface area contributed by atoms with Crippen molar-refractivity contribution >= 4 is 0 Å². The summed E-state index contributed by atoms with van der Waals surface area (Å²) in [4.78, 5) is 2.56. The smallest absolute Gasteiger partial charge is 0.123 e. The topological polar surface area (TPSA) is 15.3 Å². The lowest BCUT2D eigenvalue weighted by Gasteiger charge is -2.40. The third kappa shape index (κ3) is 2.38. The normalized spacial score (nSPS) is 31.5. The predicted octanol–water partition coefficient (Wildman–Crippen LogP) is 3.27. The zero-order chi connectivity index (χ0) is 14.3. The molecular formula is C17H25FN2. The van der Waals surface area contributed by atoms with Crippen molar-refractivity contribution in [3.63, 3.8) is 0 Å². The van der Waals surface area contributed by atoms with Crippen LogP contribution in [0, 0.1) is 18.7 Å². The fraction of sp³-hybridized carbons (Fsp3) is 0.647. The van der Waals surface area contributed by atoms with E-state index in [1.165, 1.54) is 31.2 Å². The lowest BCUT2D eigenvalue weighted by Crippen LogP contribution is -2.43. The molecule has 1 aromatic carbocycles. The molecule has 1 N–H and O–H groups in total. The molecule has 3 unspecified atom stereocenters. The van der Waals surface area contributed by atoms with E-state index in [1.54, 1.807) is 12.1 Å². The molecule has 2 aliphatic heterocycles. The molecule has 3 heteroatoms. The molecule has 3 rings (SSSR count). The molecule has 110 valence electrons. The Bertz CT molecular complexity index is 474. The van der Waals surface area contributed by atoms with Crippen molar-refractivity contribution in [1.82, 2.24) is 10.2 Å². The zero-order valence-electron chi connectivity index (χ0n) is 12.7. The summed E-state index contributed by atoms with van der Waals surface area (Å²) in [6, 6.07) is 6.91. The molecule has 0 radical (unpaired) electrons. The minimum Gasteiger partial charge on any atom is -0.313 e. The van der Waals surface area contributed by atoms with Crippen LogP contribution in [0.25, 0.3) is 0 Å². The molecule has 2 bridgehead atoms. The zero-order valence-corrected chi connectivity index (χ0v) is 12.7. The third-order valence-corrected chi connectivity index (χ3v) is 5.49. The number of piperidine rings is 1. The van der Waals surface area contributed by atoms with Gasteiger partial charge in [0.15, 0.2) is 0 Å². The van der Waals surface area contributed by atoms with Crippen LogP contribution in [-0.4, -0.2) is 31.1 Å². The van der Waals surface area contributed by atoms with E-state index in [-0.39, 0.29) is 11.9 Å². The highest BCUT2D eigenvalue weighted by Gasteiger charge is 2.41. The highest BCUT2D eigenvalue weighted by Crippen LogP contribution is 2.42. The number of nitrogens with zero attached hydrogens (tertiary/aromatic N) is 1. The SMILES string of the molecule is CNC(c1cc(F)ccc1C)C1CC2CCC(C1)N2C. The first kappa shape index (κ1) is 14.0. The Morgan fingerprint density at radius 1 is 1.25 bits per heavy atom. The summed E-state index contributed by atoms with van der Waals surface area (Å²) in [7, 11) is 4.27. The van der Waals surface area contributed by atoms with Crippen LogP contribution in [0.2, 0.25) is 0 Å². The van der Waals surface area contributed by atoms with Gasteiger partial charge >= 0.3 is 0 Å². The molecule has 0 spiro atoms. The van der Waals surface area contributed by atoms with Gasteiger partial charge in [-0.05, 0) is 75.9 Å². The van der Waals surface area contributed by atoms with Gasteiger partial charge in [-0.25, -0.2) is 4.39 Å². The molecule has 0 aliphatic carbocycles. The van der Waals surface area contributed by atoms with Gasteiger partial charge < -0.3 is 10.2 Å². The van der Waals surface area contributed by atoms with Crippen molar-refractivity contribution in [2.75, 3.05) is 14.1 Å². The number of rotatable bonds is 3. The van der Waals surface area contributed by atoms with Crippen LogP contribution < -0.4 is 5.32 Å². The van der Waals surface area contributed by atoms with Crippen LogP contribution in [0.3, 0.4) is 0 Å². The lowest BCUT2D eigenvalue weighted by molar-refractivity contribution is 0.114. The second-order valence-electron chi connectivity index (χ2n) is 6.55. The molecule has 1 aromatic rings. The third-order valence-electron chi connectivity index (χ3n) is 5.49. The predicted molar refractivity (Wildman–Crippen MR) is 80.2 cm³/mol. The van der Waals surface area contributed by atoms with E-state index in [2.05, 4.69) is 24.2 Å². The van der Waals surface area contributed by atoms with Gasteiger partial charge in [0, 0.05) is 18.1 Å². The minimum atomic E-state index is -0.123. The molecule has 2 fully saturated rings. The molecule has 2 heterocycles. The van der Waals surface area contributed by atoms with Crippen molar-refractivity contribution < 1.29 is 4.39 Å². The fourth-order valence-corrected chi connectivity index (χ4v) is 4.32. The maximum absolute atomic E-state index is 13.6. The van der Waals surface area contributed by atoms with E-state index in [0.29, 0.717) is 5.92 Å². The average Bonchev–Trinajstić information content (AvgIpc) is 2.66. The summed E-state index contributed by atoms with van der Waals surface area (Å²) in [5, 5.41) is 3.45. The number of benzene rings is 1. The van der Waals surface area contributed by atoms with Gasteiger partial charge in [-0.3, -0.25) is 0 Å². The Labute approximate surface area is 121 Å². The summed E-state index contributed by atoms with van der Waals surface area (Å²) < 4.78 is 13.6. The second kappa shape index (κ2) is 5.45. The van der Waals surface area contributed by atoms with Gasteiger partial charge in [-0.15, -0.1) is 0 Å². The van der Waals surface area contributed by atoms with E-state index in [1.807, 2.05) is 13.1 Å². The van der Waals surface area contributed by atoms with Crippen molar-refractivity contribution in [3.8, 4) is 0 Å². The summed E-state index contributed by atoms with van der Waals surface area (Å²) in [6.45, 7) is 2.09. The largest absolute Gasteiger partial charge is 0.313 e. The van der Waals surface area contributed by atoms with Crippen LogP contribution in [0.1, 0.15) is 42.9 Å². The van der Waals surface area contributed by atoms with Crippen LogP contribution in [0.15, 0.2) is 18.2 Å². The van der Waals surface area contributed by atoms with Crippen molar-refractivity contribution in [3.05, 3.63) is 35.1 Å². The van der Waals surface area contributed by atoms with Crippen LogP contribution in [0.4, 0.5) is 4.39 Å². The number of hydrogen-bond acceptors (Lipinski definition) is 2. The van der Waals surface area contributed by atoms with Crippen LogP contribution in [-0.2, 0) is 0 Å². The molecule has 2 saturated heterocycles. The van der Waals surface area contributed by atoms with Gasteiger partial charge in [0.05, 0.1) is 0 Å². The van der Waals surface area contributed by atoms with Crippen molar-refractivity contribution in [1.29, 1.82) is 0 Å². The molecule has 2 aliphatic rings. The Balaban J connectivity index is 1.85. The highest BCUT2D eigenvalue weighted by atomic mass is 19.1. The highest BCUT2D eigenvalue weighted by molar-refractivity contribution is 5.30. The average molecular weight is 276 g/mol. The van der Waals surface area contributed by atoms with Gasteiger partial charge in [0.2, 0.25) is 0 Å². The summed E-state index contributed by atoms with van der Waals surface area (Å²) in [6.07, 6.45) is 5.12. The van der Waals surface area contributed by atoms with E-state index < -0.39 is 0 Å². The van der Waals surface area contributed by atoms with Gasteiger partial charge in [-0.2, -0.15) is 0 Å². The Kier molecular flexibility index (Phi) is 3.83. The second-order valence-corrected chi connectivity index (χ2v) is 6.55.